The number of aromatic amines is 1. The Morgan fingerprint density at radius 3 is 2.96 bits per heavy atom. The second-order valence-electron chi connectivity index (χ2n) is 7.28. The quantitative estimate of drug-likeness (QED) is 0.639. The minimum Gasteiger partial charge on any atom is -0.396 e. The van der Waals surface area contributed by atoms with Crippen LogP contribution in [0.1, 0.15) is 17.5 Å². The van der Waals surface area contributed by atoms with E-state index in [0.717, 1.165) is 56.0 Å². The second kappa shape index (κ2) is 8.96. The standard InChI is InChI=1S/C21H25FN4OS/c22-19-3-1-2-17(10-19)21-18(11-23-24-21)13-25-6-7-26(20(14-25)4-8-27)12-16-5-9-28-15-16/h1-3,5,9-11,15,20,27H,4,6-8,12-14H2,(H,23,24). The molecule has 1 atom stereocenters. The number of aliphatic hydroxyl groups is 1. The van der Waals surface area contributed by atoms with Crippen LogP contribution in [0.2, 0.25) is 0 Å². The Hall–Kier alpha value is -2.06. The molecule has 0 amide bonds. The molecule has 0 bridgehead atoms. The average molecular weight is 401 g/mol. The Morgan fingerprint density at radius 2 is 2.18 bits per heavy atom. The molecule has 2 aromatic heterocycles. The highest BCUT2D eigenvalue weighted by molar-refractivity contribution is 7.07. The summed E-state index contributed by atoms with van der Waals surface area (Å²) >= 11 is 1.72. The molecule has 1 saturated heterocycles. The summed E-state index contributed by atoms with van der Waals surface area (Å²) in [6.45, 7) is 4.71. The van der Waals surface area contributed by atoms with Crippen molar-refractivity contribution in [1.29, 1.82) is 0 Å². The first-order valence-electron chi connectivity index (χ1n) is 9.59. The molecule has 1 aromatic carbocycles. The first-order valence-corrected chi connectivity index (χ1v) is 10.5. The Kier molecular flexibility index (Phi) is 6.17. The topological polar surface area (TPSA) is 55.4 Å². The van der Waals surface area contributed by atoms with Gasteiger partial charge in [0.15, 0.2) is 0 Å². The van der Waals surface area contributed by atoms with E-state index in [1.807, 2.05) is 12.3 Å². The van der Waals surface area contributed by atoms with Gasteiger partial charge in [-0.25, -0.2) is 4.39 Å². The van der Waals surface area contributed by atoms with Crippen LogP contribution in [0.15, 0.2) is 47.3 Å². The van der Waals surface area contributed by atoms with Gasteiger partial charge in [0.25, 0.3) is 0 Å². The molecule has 3 heterocycles. The van der Waals surface area contributed by atoms with E-state index in [9.17, 15) is 9.50 Å². The van der Waals surface area contributed by atoms with Gasteiger partial charge in [0, 0.05) is 56.5 Å². The summed E-state index contributed by atoms with van der Waals surface area (Å²) in [5.74, 6) is -0.247. The number of aliphatic hydroxyl groups excluding tert-OH is 1. The monoisotopic (exact) mass is 400 g/mol. The van der Waals surface area contributed by atoms with Gasteiger partial charge in [0.05, 0.1) is 11.9 Å². The van der Waals surface area contributed by atoms with Crippen LogP contribution in [0.25, 0.3) is 11.3 Å². The van der Waals surface area contributed by atoms with Gasteiger partial charge < -0.3 is 5.11 Å². The molecule has 1 unspecified atom stereocenters. The lowest BCUT2D eigenvalue weighted by Crippen LogP contribution is -2.52. The number of hydrogen-bond acceptors (Lipinski definition) is 5. The van der Waals surface area contributed by atoms with Crippen molar-refractivity contribution in [2.24, 2.45) is 0 Å². The van der Waals surface area contributed by atoms with Crippen LogP contribution in [0.3, 0.4) is 0 Å². The van der Waals surface area contributed by atoms with Gasteiger partial charge >= 0.3 is 0 Å². The smallest absolute Gasteiger partial charge is 0.123 e. The normalized spacial score (nSPS) is 18.6. The number of aromatic nitrogens is 2. The van der Waals surface area contributed by atoms with Gasteiger partial charge in [-0.15, -0.1) is 0 Å². The van der Waals surface area contributed by atoms with Gasteiger partial charge in [-0.3, -0.25) is 14.9 Å². The Labute approximate surface area is 168 Å². The summed E-state index contributed by atoms with van der Waals surface area (Å²) in [4.78, 5) is 4.87. The van der Waals surface area contributed by atoms with E-state index in [1.54, 1.807) is 17.4 Å². The van der Waals surface area contributed by atoms with E-state index in [2.05, 4.69) is 36.8 Å². The van der Waals surface area contributed by atoms with Crippen LogP contribution in [0.4, 0.5) is 4.39 Å². The van der Waals surface area contributed by atoms with E-state index in [1.165, 1.54) is 17.7 Å². The molecule has 1 aliphatic heterocycles. The summed E-state index contributed by atoms with van der Waals surface area (Å²) < 4.78 is 13.6. The average Bonchev–Trinajstić information content (AvgIpc) is 3.36. The van der Waals surface area contributed by atoms with Crippen LogP contribution in [0, 0.1) is 5.82 Å². The minimum atomic E-state index is -0.247. The van der Waals surface area contributed by atoms with E-state index < -0.39 is 0 Å². The SMILES string of the molecule is OCCC1CN(Cc2cn[nH]c2-c2cccc(F)c2)CCN1Cc1ccsc1. The molecule has 0 aliphatic carbocycles. The van der Waals surface area contributed by atoms with Crippen molar-refractivity contribution in [2.45, 2.75) is 25.6 Å². The Bertz CT molecular complexity index is 882. The van der Waals surface area contributed by atoms with Gasteiger partial charge in [0.2, 0.25) is 0 Å². The molecule has 3 aromatic rings. The van der Waals surface area contributed by atoms with Crippen molar-refractivity contribution in [3.63, 3.8) is 0 Å². The third-order valence-electron chi connectivity index (χ3n) is 5.34. The van der Waals surface area contributed by atoms with Crippen molar-refractivity contribution in [1.82, 2.24) is 20.0 Å². The van der Waals surface area contributed by atoms with Crippen molar-refractivity contribution < 1.29 is 9.50 Å². The molecule has 148 valence electrons. The molecular weight excluding hydrogens is 375 g/mol. The summed E-state index contributed by atoms with van der Waals surface area (Å²) in [6, 6.07) is 9.09. The highest BCUT2D eigenvalue weighted by atomic mass is 32.1. The van der Waals surface area contributed by atoms with Gasteiger partial charge in [-0.05, 0) is 40.9 Å². The van der Waals surface area contributed by atoms with Crippen LogP contribution in [-0.2, 0) is 13.1 Å². The maximum absolute atomic E-state index is 13.6. The third-order valence-corrected chi connectivity index (χ3v) is 6.07. The van der Waals surface area contributed by atoms with E-state index in [-0.39, 0.29) is 12.4 Å². The fraction of sp³-hybridized carbons (Fsp3) is 0.381. The van der Waals surface area contributed by atoms with Gasteiger partial charge in [0.1, 0.15) is 5.82 Å². The number of piperazine rings is 1. The fourth-order valence-electron chi connectivity index (χ4n) is 3.91. The zero-order valence-electron chi connectivity index (χ0n) is 15.7. The van der Waals surface area contributed by atoms with Crippen molar-refractivity contribution in [3.05, 3.63) is 64.2 Å². The zero-order chi connectivity index (χ0) is 19.3. The number of hydrogen-bond donors (Lipinski definition) is 2. The number of nitrogens with one attached hydrogen (secondary N) is 1. The van der Waals surface area contributed by atoms with E-state index in [0.29, 0.717) is 6.04 Å². The molecule has 1 aliphatic rings. The highest BCUT2D eigenvalue weighted by Gasteiger charge is 2.27. The predicted molar refractivity (Wildman–Crippen MR) is 109 cm³/mol. The van der Waals surface area contributed by atoms with Gasteiger partial charge in [-0.1, -0.05) is 12.1 Å². The lowest BCUT2D eigenvalue weighted by molar-refractivity contribution is 0.0501. The van der Waals surface area contributed by atoms with Crippen molar-refractivity contribution in [3.8, 4) is 11.3 Å². The first-order chi connectivity index (χ1) is 13.7. The molecular formula is C21H25FN4OS. The highest BCUT2D eigenvalue weighted by Crippen LogP contribution is 2.25. The minimum absolute atomic E-state index is 0.193. The largest absolute Gasteiger partial charge is 0.396 e. The second-order valence-corrected chi connectivity index (χ2v) is 8.06. The molecule has 0 saturated carbocycles. The first kappa shape index (κ1) is 19.3. The Balaban J connectivity index is 1.44. The number of nitrogens with zero attached hydrogens (tertiary/aromatic N) is 3. The van der Waals surface area contributed by atoms with Crippen molar-refractivity contribution in [2.75, 3.05) is 26.2 Å². The number of benzene rings is 1. The lowest BCUT2D eigenvalue weighted by atomic mass is 10.0. The predicted octanol–water partition coefficient (Wildman–Crippen LogP) is 3.35. The summed E-state index contributed by atoms with van der Waals surface area (Å²) in [6.07, 6.45) is 2.60. The maximum atomic E-state index is 13.6. The maximum Gasteiger partial charge on any atom is 0.123 e. The molecule has 0 radical (unpaired) electrons. The lowest BCUT2D eigenvalue weighted by Gasteiger charge is -2.41. The zero-order valence-corrected chi connectivity index (χ0v) is 16.5. The number of H-pyrrole nitrogens is 1. The molecule has 2 N–H and O–H groups in total. The van der Waals surface area contributed by atoms with Crippen LogP contribution in [-0.4, -0.2) is 57.4 Å². The molecule has 28 heavy (non-hydrogen) atoms. The Morgan fingerprint density at radius 1 is 1.25 bits per heavy atom. The summed E-state index contributed by atoms with van der Waals surface area (Å²) in [7, 11) is 0. The van der Waals surface area contributed by atoms with Gasteiger partial charge in [-0.2, -0.15) is 16.4 Å². The molecule has 4 rings (SSSR count). The molecule has 5 nitrogen and oxygen atoms in total. The molecule has 0 spiro atoms. The van der Waals surface area contributed by atoms with E-state index in [4.69, 9.17) is 0 Å². The van der Waals surface area contributed by atoms with Crippen LogP contribution < -0.4 is 0 Å². The van der Waals surface area contributed by atoms with Crippen molar-refractivity contribution >= 4 is 11.3 Å². The van der Waals surface area contributed by atoms with Crippen LogP contribution in [0.5, 0.6) is 0 Å². The molecule has 1 fully saturated rings. The number of halogens is 1. The van der Waals surface area contributed by atoms with Crippen LogP contribution >= 0.6 is 11.3 Å². The molecule has 7 heteroatoms. The number of thiophene rings is 1. The number of rotatable bonds is 7. The fourth-order valence-corrected chi connectivity index (χ4v) is 4.57. The summed E-state index contributed by atoms with van der Waals surface area (Å²) in [5.41, 5.74) is 4.10. The third kappa shape index (κ3) is 4.50. The van der Waals surface area contributed by atoms with E-state index >= 15 is 0 Å². The summed E-state index contributed by atoms with van der Waals surface area (Å²) in [5, 5.41) is 21.0.